The highest BCUT2D eigenvalue weighted by molar-refractivity contribution is 5.96. The van der Waals surface area contributed by atoms with Gasteiger partial charge >= 0.3 is 0 Å². The molecule has 0 bridgehead atoms. The largest absolute Gasteiger partial charge is 0.386 e. The molecular formula is C24H44N6O4. The van der Waals surface area contributed by atoms with Gasteiger partial charge in [-0.05, 0) is 39.0 Å². The first kappa shape index (κ1) is 29.3. The standard InChI is InChI=1S/C24H44N6O4/c1-6-18-21(32)27-14-10-8-7-9-13-24(5,30-20(31)16(2)3)23(34)29-19(22(33)28-18)12-11-15-26-17(4)25/h16,18-19,26H,4,6-15,25H2,1-3,5H3,(H,27,32)(H,28,33)(H,29,34)(H,30,31)/t18-,19-,24-/m0/s1. The van der Waals surface area contributed by atoms with E-state index in [1.54, 1.807) is 20.8 Å². The topological polar surface area (TPSA) is 154 Å². The lowest BCUT2D eigenvalue weighted by Gasteiger charge is -2.32. The summed E-state index contributed by atoms with van der Waals surface area (Å²) in [4.78, 5) is 51.5. The van der Waals surface area contributed by atoms with Crippen LogP contribution in [-0.2, 0) is 19.2 Å². The van der Waals surface area contributed by atoms with E-state index in [-0.39, 0.29) is 17.7 Å². The second-order valence-corrected chi connectivity index (χ2v) is 9.52. The lowest BCUT2D eigenvalue weighted by atomic mass is 9.91. The van der Waals surface area contributed by atoms with Crippen LogP contribution in [0.25, 0.3) is 0 Å². The van der Waals surface area contributed by atoms with Crippen LogP contribution in [0.1, 0.15) is 79.1 Å². The van der Waals surface area contributed by atoms with Crippen LogP contribution >= 0.6 is 0 Å². The van der Waals surface area contributed by atoms with Crippen LogP contribution in [0.5, 0.6) is 0 Å². The summed E-state index contributed by atoms with van der Waals surface area (Å²) in [7, 11) is 0. The highest BCUT2D eigenvalue weighted by Crippen LogP contribution is 2.18. The van der Waals surface area contributed by atoms with E-state index in [9.17, 15) is 19.2 Å². The second kappa shape index (κ2) is 14.5. The fraction of sp³-hybridized carbons (Fsp3) is 0.750. The summed E-state index contributed by atoms with van der Waals surface area (Å²) in [6.07, 6.45) is 5.02. The van der Waals surface area contributed by atoms with E-state index in [2.05, 4.69) is 33.2 Å². The molecule has 10 nitrogen and oxygen atoms in total. The van der Waals surface area contributed by atoms with E-state index in [1.165, 1.54) is 0 Å². The Morgan fingerprint density at radius 2 is 1.79 bits per heavy atom. The zero-order valence-electron chi connectivity index (χ0n) is 21.2. The second-order valence-electron chi connectivity index (χ2n) is 9.52. The molecule has 10 heteroatoms. The van der Waals surface area contributed by atoms with Crippen LogP contribution < -0.4 is 32.3 Å². The van der Waals surface area contributed by atoms with Gasteiger partial charge in [-0.3, -0.25) is 19.2 Å². The van der Waals surface area contributed by atoms with E-state index >= 15 is 0 Å². The Labute approximate surface area is 203 Å². The van der Waals surface area contributed by atoms with Crippen LogP contribution in [0.15, 0.2) is 12.4 Å². The van der Waals surface area contributed by atoms with Gasteiger partial charge in [0.1, 0.15) is 17.6 Å². The summed E-state index contributed by atoms with van der Waals surface area (Å²) in [5, 5.41) is 14.3. The molecule has 0 spiro atoms. The van der Waals surface area contributed by atoms with Crippen LogP contribution in [0, 0.1) is 5.92 Å². The minimum absolute atomic E-state index is 0.219. The summed E-state index contributed by atoms with van der Waals surface area (Å²) in [6.45, 7) is 11.7. The molecule has 0 aromatic heterocycles. The number of rotatable bonds is 8. The Morgan fingerprint density at radius 3 is 2.41 bits per heavy atom. The lowest BCUT2D eigenvalue weighted by molar-refractivity contribution is -0.137. The molecule has 1 fully saturated rings. The quantitative estimate of drug-likeness (QED) is 0.282. The van der Waals surface area contributed by atoms with Crippen molar-refractivity contribution >= 4 is 23.6 Å². The molecule has 1 saturated heterocycles. The highest BCUT2D eigenvalue weighted by Gasteiger charge is 2.37. The van der Waals surface area contributed by atoms with E-state index in [0.29, 0.717) is 44.6 Å². The van der Waals surface area contributed by atoms with Gasteiger partial charge in [0.05, 0.1) is 5.82 Å². The smallest absolute Gasteiger partial charge is 0.246 e. The third-order valence-electron chi connectivity index (χ3n) is 6.01. The number of hydrogen-bond acceptors (Lipinski definition) is 6. The molecule has 0 aliphatic carbocycles. The summed E-state index contributed by atoms with van der Waals surface area (Å²) >= 11 is 0. The van der Waals surface area contributed by atoms with Gasteiger partial charge in [0, 0.05) is 19.0 Å². The molecule has 7 N–H and O–H groups in total. The number of carbonyl (C=O) groups is 4. The summed E-state index contributed by atoms with van der Waals surface area (Å²) in [5.41, 5.74) is 4.38. The van der Waals surface area contributed by atoms with Gasteiger partial charge in [-0.15, -0.1) is 0 Å². The molecular weight excluding hydrogens is 436 g/mol. The molecule has 1 heterocycles. The first-order chi connectivity index (χ1) is 16.0. The van der Waals surface area contributed by atoms with Crippen molar-refractivity contribution in [1.82, 2.24) is 26.6 Å². The number of amides is 4. The van der Waals surface area contributed by atoms with Crippen LogP contribution in [0.2, 0.25) is 0 Å². The van der Waals surface area contributed by atoms with Crippen molar-refractivity contribution in [2.45, 2.75) is 96.7 Å². The minimum Gasteiger partial charge on any atom is -0.386 e. The summed E-state index contributed by atoms with van der Waals surface area (Å²) < 4.78 is 0. The van der Waals surface area contributed by atoms with Gasteiger partial charge in [0.25, 0.3) is 0 Å². The number of hydrogen-bond donors (Lipinski definition) is 6. The molecule has 1 aliphatic heterocycles. The molecule has 0 aromatic carbocycles. The maximum atomic E-state index is 13.4. The molecule has 0 aromatic rings. The van der Waals surface area contributed by atoms with E-state index < -0.39 is 29.4 Å². The molecule has 0 unspecified atom stereocenters. The van der Waals surface area contributed by atoms with Gasteiger partial charge < -0.3 is 32.3 Å². The molecule has 0 saturated carbocycles. The maximum Gasteiger partial charge on any atom is 0.246 e. The van der Waals surface area contributed by atoms with Gasteiger partial charge in [0.15, 0.2) is 0 Å². The first-order valence-corrected chi connectivity index (χ1v) is 12.4. The predicted octanol–water partition coefficient (Wildman–Crippen LogP) is 0.777. The minimum atomic E-state index is -1.15. The normalized spacial score (nSPS) is 25.3. The van der Waals surface area contributed by atoms with Crippen molar-refractivity contribution in [3.8, 4) is 0 Å². The first-order valence-electron chi connectivity index (χ1n) is 12.4. The molecule has 34 heavy (non-hydrogen) atoms. The van der Waals surface area contributed by atoms with Crippen molar-refractivity contribution < 1.29 is 19.2 Å². The monoisotopic (exact) mass is 480 g/mol. The average Bonchev–Trinajstić information content (AvgIpc) is 2.77. The maximum absolute atomic E-state index is 13.4. The van der Waals surface area contributed by atoms with Crippen molar-refractivity contribution in [2.24, 2.45) is 11.7 Å². The van der Waals surface area contributed by atoms with Crippen LogP contribution in [0.3, 0.4) is 0 Å². The lowest BCUT2D eigenvalue weighted by Crippen LogP contribution is -2.61. The van der Waals surface area contributed by atoms with Crippen molar-refractivity contribution in [2.75, 3.05) is 13.1 Å². The number of nitrogens with one attached hydrogen (secondary N) is 5. The SMILES string of the molecule is C=C(N)NCCC[C@@H]1NC(=O)[C@@](C)(NC(=O)C(C)C)CCCCCCNC(=O)[C@H](CC)NC1=O. The zero-order chi connectivity index (χ0) is 25.7. The number of carbonyl (C=O) groups excluding carboxylic acids is 4. The predicted molar refractivity (Wildman–Crippen MR) is 132 cm³/mol. The third kappa shape index (κ3) is 10.0. The van der Waals surface area contributed by atoms with Crippen molar-refractivity contribution in [3.63, 3.8) is 0 Å². The molecule has 1 rings (SSSR count). The van der Waals surface area contributed by atoms with Crippen molar-refractivity contribution in [1.29, 1.82) is 0 Å². The molecule has 194 valence electrons. The van der Waals surface area contributed by atoms with E-state index in [0.717, 1.165) is 25.7 Å². The average molecular weight is 481 g/mol. The molecule has 3 atom stereocenters. The Bertz CT molecular complexity index is 726. The molecule has 0 radical (unpaired) electrons. The van der Waals surface area contributed by atoms with Gasteiger partial charge in [-0.25, -0.2) is 0 Å². The number of nitrogens with two attached hydrogens (primary N) is 1. The Morgan fingerprint density at radius 1 is 1.12 bits per heavy atom. The summed E-state index contributed by atoms with van der Waals surface area (Å²) in [5.74, 6) is -1.26. The van der Waals surface area contributed by atoms with Gasteiger partial charge in [0.2, 0.25) is 23.6 Å². The Balaban J connectivity index is 3.14. The van der Waals surface area contributed by atoms with Crippen molar-refractivity contribution in [3.05, 3.63) is 12.4 Å². The fourth-order valence-electron chi connectivity index (χ4n) is 3.71. The third-order valence-corrected chi connectivity index (χ3v) is 6.01. The van der Waals surface area contributed by atoms with Crippen LogP contribution in [-0.4, -0.2) is 54.3 Å². The zero-order valence-corrected chi connectivity index (χ0v) is 21.2. The molecule has 4 amide bonds. The summed E-state index contributed by atoms with van der Waals surface area (Å²) in [6, 6.07) is -1.56. The van der Waals surface area contributed by atoms with Gasteiger partial charge in [-0.2, -0.15) is 0 Å². The van der Waals surface area contributed by atoms with Gasteiger partial charge in [-0.1, -0.05) is 46.6 Å². The van der Waals surface area contributed by atoms with E-state index in [4.69, 9.17) is 5.73 Å². The Hall–Kier alpha value is -2.78. The van der Waals surface area contributed by atoms with Crippen LogP contribution in [0.4, 0.5) is 0 Å². The Kier molecular flexibility index (Phi) is 12.5. The highest BCUT2D eigenvalue weighted by atomic mass is 16.2. The van der Waals surface area contributed by atoms with E-state index in [1.807, 2.05) is 6.92 Å². The molecule has 1 aliphatic rings. The fourth-order valence-corrected chi connectivity index (χ4v) is 3.71.